The molecule has 0 N–H and O–H groups in total. The lowest BCUT2D eigenvalue weighted by Gasteiger charge is -2.34. The van der Waals surface area contributed by atoms with Crippen molar-refractivity contribution in [3.63, 3.8) is 0 Å². The van der Waals surface area contributed by atoms with Crippen LogP contribution in [0, 0.1) is 13.8 Å². The molecule has 2 saturated heterocycles. The van der Waals surface area contributed by atoms with Gasteiger partial charge in [0.05, 0.1) is 17.6 Å². The van der Waals surface area contributed by atoms with Gasteiger partial charge in [0.1, 0.15) is 0 Å². The van der Waals surface area contributed by atoms with Gasteiger partial charge < -0.3 is 14.4 Å². The molecule has 2 amide bonds. The van der Waals surface area contributed by atoms with Crippen LogP contribution in [0.2, 0.25) is 0 Å². The molecular formula is C23H25N3O3. The maximum absolute atomic E-state index is 13.1. The number of carbonyl (C=O) groups excluding carboxylic acids is 2. The van der Waals surface area contributed by atoms with Crippen molar-refractivity contribution in [3.05, 3.63) is 69.1 Å². The van der Waals surface area contributed by atoms with Crippen molar-refractivity contribution in [2.45, 2.75) is 51.2 Å². The number of amides is 2. The normalized spacial score (nSPS) is 23.0. The van der Waals surface area contributed by atoms with Gasteiger partial charge in [-0.3, -0.25) is 14.4 Å². The molecule has 6 heteroatoms. The van der Waals surface area contributed by atoms with Crippen molar-refractivity contribution in [1.82, 2.24) is 14.4 Å². The molecule has 3 heterocycles. The molecule has 6 nitrogen and oxygen atoms in total. The number of fused-ring (bicyclic) bond motifs is 2. The van der Waals surface area contributed by atoms with E-state index < -0.39 is 0 Å². The molecule has 2 aromatic rings. The highest BCUT2D eigenvalue weighted by molar-refractivity contribution is 5.97. The Morgan fingerprint density at radius 3 is 2.24 bits per heavy atom. The number of likely N-dealkylation sites (tertiary alicyclic amines) is 2. The monoisotopic (exact) mass is 391 g/mol. The number of benzene rings is 1. The lowest BCUT2D eigenvalue weighted by Crippen LogP contribution is -2.50. The van der Waals surface area contributed by atoms with Gasteiger partial charge >= 0.3 is 0 Å². The number of nitrogens with zero attached hydrogens (tertiary/aromatic N) is 3. The summed E-state index contributed by atoms with van der Waals surface area (Å²) in [5.74, 6) is 0.0267. The quantitative estimate of drug-likeness (QED) is 0.808. The highest BCUT2D eigenvalue weighted by atomic mass is 16.2. The second-order valence-electron chi connectivity index (χ2n) is 8.60. The summed E-state index contributed by atoms with van der Waals surface area (Å²) in [5.41, 5.74) is 3.42. The maximum atomic E-state index is 13.1. The number of hydrogen-bond acceptors (Lipinski definition) is 3. The molecule has 1 aromatic heterocycles. The predicted octanol–water partition coefficient (Wildman–Crippen LogP) is 2.54. The van der Waals surface area contributed by atoms with Crippen LogP contribution >= 0.6 is 0 Å². The van der Waals surface area contributed by atoms with Crippen LogP contribution < -0.4 is 5.56 Å². The third-order valence-electron chi connectivity index (χ3n) is 6.72. The highest BCUT2D eigenvalue weighted by Gasteiger charge is 2.47. The summed E-state index contributed by atoms with van der Waals surface area (Å²) in [6.07, 6.45) is 4.54. The van der Waals surface area contributed by atoms with E-state index in [-0.39, 0.29) is 35.5 Å². The Bertz CT molecular complexity index is 1070. The minimum absolute atomic E-state index is 0.0364. The summed E-state index contributed by atoms with van der Waals surface area (Å²) in [6.45, 7) is 5.14. The number of aryl methyl sites for hydroxylation is 1. The van der Waals surface area contributed by atoms with Crippen LogP contribution in [0.15, 0.2) is 41.3 Å². The summed E-state index contributed by atoms with van der Waals surface area (Å²) in [4.78, 5) is 42.0. The summed E-state index contributed by atoms with van der Waals surface area (Å²) in [6, 6.07) is 9.31. The lowest BCUT2D eigenvalue weighted by molar-refractivity contribution is 0.0525. The van der Waals surface area contributed by atoms with Crippen LogP contribution in [0.3, 0.4) is 0 Å². The van der Waals surface area contributed by atoms with Gasteiger partial charge in [0.15, 0.2) is 0 Å². The van der Waals surface area contributed by atoms with E-state index in [1.165, 1.54) is 6.07 Å². The fourth-order valence-electron chi connectivity index (χ4n) is 4.74. The molecule has 1 aromatic carbocycles. The van der Waals surface area contributed by atoms with E-state index in [1.54, 1.807) is 16.8 Å². The zero-order chi connectivity index (χ0) is 20.3. The minimum Gasteiger partial charge on any atom is -0.332 e. The molecular weight excluding hydrogens is 366 g/mol. The first kappa shape index (κ1) is 18.2. The van der Waals surface area contributed by atoms with E-state index in [0.717, 1.165) is 36.0 Å². The lowest BCUT2D eigenvalue weighted by atomic mass is 10.0. The molecule has 0 spiro atoms. The molecule has 3 fully saturated rings. The van der Waals surface area contributed by atoms with Crippen LogP contribution in [0.25, 0.3) is 0 Å². The number of rotatable bonds is 3. The van der Waals surface area contributed by atoms with Gasteiger partial charge in [0.2, 0.25) is 0 Å². The molecule has 2 aliphatic heterocycles. The molecule has 0 radical (unpaired) electrons. The van der Waals surface area contributed by atoms with Crippen molar-refractivity contribution < 1.29 is 9.59 Å². The Morgan fingerprint density at radius 1 is 0.897 bits per heavy atom. The third kappa shape index (κ3) is 2.98. The van der Waals surface area contributed by atoms with Crippen LogP contribution in [0.5, 0.6) is 0 Å². The topological polar surface area (TPSA) is 62.6 Å². The SMILES string of the molecule is Cc1cccc(C(=O)N2C[C@@H]3C[C@H]2CN3C(=O)c2ccc(=O)n(C3CC3)c2)c1C. The first-order chi connectivity index (χ1) is 13.9. The molecule has 1 saturated carbocycles. The van der Waals surface area contributed by atoms with Gasteiger partial charge in [-0.2, -0.15) is 0 Å². The first-order valence-corrected chi connectivity index (χ1v) is 10.3. The average molecular weight is 391 g/mol. The fraction of sp³-hybridized carbons (Fsp3) is 0.435. The van der Waals surface area contributed by atoms with E-state index in [9.17, 15) is 14.4 Å². The van der Waals surface area contributed by atoms with Crippen molar-refractivity contribution in [2.24, 2.45) is 0 Å². The average Bonchev–Trinajstić information content (AvgIpc) is 3.36. The first-order valence-electron chi connectivity index (χ1n) is 10.3. The second kappa shape index (κ2) is 6.58. The van der Waals surface area contributed by atoms with Gasteiger partial charge in [0.25, 0.3) is 17.4 Å². The smallest absolute Gasteiger partial charge is 0.255 e. The van der Waals surface area contributed by atoms with Gasteiger partial charge in [0, 0.05) is 37.0 Å². The van der Waals surface area contributed by atoms with Crippen molar-refractivity contribution >= 4 is 11.8 Å². The molecule has 5 rings (SSSR count). The summed E-state index contributed by atoms with van der Waals surface area (Å²) in [5, 5.41) is 0. The van der Waals surface area contributed by atoms with Gasteiger partial charge in [-0.1, -0.05) is 12.1 Å². The summed E-state index contributed by atoms with van der Waals surface area (Å²) in [7, 11) is 0. The Labute approximate surface area is 169 Å². The Morgan fingerprint density at radius 2 is 1.59 bits per heavy atom. The Hall–Kier alpha value is -2.89. The number of hydrogen-bond donors (Lipinski definition) is 0. The fourth-order valence-corrected chi connectivity index (χ4v) is 4.74. The van der Waals surface area contributed by atoms with Crippen LogP contribution in [0.1, 0.15) is 57.1 Å². The number of piperazine rings is 1. The second-order valence-corrected chi connectivity index (χ2v) is 8.60. The highest BCUT2D eigenvalue weighted by Crippen LogP contribution is 2.35. The van der Waals surface area contributed by atoms with Gasteiger partial charge in [-0.25, -0.2) is 0 Å². The van der Waals surface area contributed by atoms with Crippen LogP contribution in [-0.2, 0) is 0 Å². The van der Waals surface area contributed by atoms with Crippen LogP contribution in [0.4, 0.5) is 0 Å². The zero-order valence-electron chi connectivity index (χ0n) is 16.8. The number of aromatic nitrogens is 1. The zero-order valence-corrected chi connectivity index (χ0v) is 16.8. The number of carbonyl (C=O) groups is 2. The Kier molecular flexibility index (Phi) is 4.12. The summed E-state index contributed by atoms with van der Waals surface area (Å²) >= 11 is 0. The molecule has 1 aliphatic carbocycles. The molecule has 29 heavy (non-hydrogen) atoms. The van der Waals surface area contributed by atoms with Gasteiger partial charge in [-0.05, 0) is 56.4 Å². The van der Waals surface area contributed by atoms with E-state index in [1.807, 2.05) is 41.8 Å². The Balaban J connectivity index is 1.33. The van der Waals surface area contributed by atoms with Crippen molar-refractivity contribution in [3.8, 4) is 0 Å². The molecule has 2 bridgehead atoms. The number of pyridine rings is 1. The minimum atomic E-state index is -0.0442. The maximum Gasteiger partial charge on any atom is 0.255 e. The van der Waals surface area contributed by atoms with Crippen molar-refractivity contribution in [1.29, 1.82) is 0 Å². The van der Waals surface area contributed by atoms with Gasteiger partial charge in [-0.15, -0.1) is 0 Å². The van der Waals surface area contributed by atoms with Crippen molar-refractivity contribution in [2.75, 3.05) is 13.1 Å². The standard InChI is InChI=1S/C23H25N3O3/c1-14-4-3-5-20(15(14)2)23(29)26-13-18-10-19(26)12-25(18)22(28)16-6-9-21(27)24(11-16)17-7-8-17/h3-6,9,11,17-19H,7-8,10,12-13H2,1-2H3/t18-,19-/m0/s1. The van der Waals surface area contributed by atoms with Crippen LogP contribution in [-0.4, -0.2) is 51.4 Å². The van der Waals surface area contributed by atoms with E-state index in [4.69, 9.17) is 0 Å². The largest absolute Gasteiger partial charge is 0.332 e. The van der Waals surface area contributed by atoms with E-state index >= 15 is 0 Å². The molecule has 0 unspecified atom stereocenters. The summed E-state index contributed by atoms with van der Waals surface area (Å²) < 4.78 is 1.69. The predicted molar refractivity (Wildman–Crippen MR) is 109 cm³/mol. The third-order valence-corrected chi connectivity index (χ3v) is 6.72. The molecule has 2 atom stereocenters. The molecule has 3 aliphatic rings. The molecule has 150 valence electrons. The van der Waals surface area contributed by atoms with E-state index in [0.29, 0.717) is 18.7 Å². The van der Waals surface area contributed by atoms with E-state index in [2.05, 4.69) is 0 Å².